The maximum atomic E-state index is 5.41. The molecule has 1 heterocycles. The molecule has 3 nitrogen and oxygen atoms in total. The average Bonchev–Trinajstić information content (AvgIpc) is 2.38. The topological polar surface area (TPSA) is 24.5 Å². The Bertz CT molecular complexity index is 203. The average molecular weight is 270 g/mol. The molecule has 0 aromatic rings. The molecule has 0 aliphatic carbocycles. The number of hydrogen-bond acceptors (Lipinski definition) is 3. The molecule has 1 rings (SSSR count). The SMILES string of the molecule is CC(C)NCCCCCCN(C)CC1CCOCC1. The first-order chi connectivity index (χ1) is 9.18. The Morgan fingerprint density at radius 2 is 1.79 bits per heavy atom. The van der Waals surface area contributed by atoms with E-state index < -0.39 is 0 Å². The molecule has 0 spiro atoms. The van der Waals surface area contributed by atoms with Crippen LogP contribution in [-0.2, 0) is 4.74 Å². The van der Waals surface area contributed by atoms with E-state index in [4.69, 9.17) is 4.74 Å². The lowest BCUT2D eigenvalue weighted by molar-refractivity contribution is 0.0556. The van der Waals surface area contributed by atoms with Crippen molar-refractivity contribution in [2.45, 2.75) is 58.4 Å². The summed E-state index contributed by atoms with van der Waals surface area (Å²) in [7, 11) is 2.27. The Labute approximate surface area is 120 Å². The van der Waals surface area contributed by atoms with Crippen LogP contribution in [0.15, 0.2) is 0 Å². The summed E-state index contributed by atoms with van der Waals surface area (Å²) in [5.74, 6) is 0.869. The van der Waals surface area contributed by atoms with Crippen LogP contribution in [0.5, 0.6) is 0 Å². The summed E-state index contributed by atoms with van der Waals surface area (Å²) < 4.78 is 5.41. The van der Waals surface area contributed by atoms with Gasteiger partial charge in [-0.25, -0.2) is 0 Å². The lowest BCUT2D eigenvalue weighted by Crippen LogP contribution is -2.30. The quantitative estimate of drug-likeness (QED) is 0.618. The normalized spacial score (nSPS) is 17.5. The van der Waals surface area contributed by atoms with Crippen LogP contribution in [0.4, 0.5) is 0 Å². The molecular weight excluding hydrogens is 236 g/mol. The molecule has 1 aliphatic heterocycles. The van der Waals surface area contributed by atoms with Crippen molar-refractivity contribution in [3.8, 4) is 0 Å². The molecule has 0 atom stereocenters. The second kappa shape index (κ2) is 10.6. The Morgan fingerprint density at radius 3 is 2.47 bits per heavy atom. The smallest absolute Gasteiger partial charge is 0.0469 e. The molecule has 0 radical (unpaired) electrons. The van der Waals surface area contributed by atoms with Gasteiger partial charge in [0.05, 0.1) is 0 Å². The van der Waals surface area contributed by atoms with Gasteiger partial charge in [-0.3, -0.25) is 0 Å². The summed E-state index contributed by atoms with van der Waals surface area (Å²) in [4.78, 5) is 2.52. The van der Waals surface area contributed by atoms with Crippen LogP contribution >= 0.6 is 0 Å². The van der Waals surface area contributed by atoms with E-state index in [0.29, 0.717) is 6.04 Å². The van der Waals surface area contributed by atoms with E-state index in [0.717, 1.165) is 19.1 Å². The van der Waals surface area contributed by atoms with Gasteiger partial charge < -0.3 is 15.0 Å². The fourth-order valence-corrected chi connectivity index (χ4v) is 2.71. The van der Waals surface area contributed by atoms with E-state index in [1.807, 2.05) is 0 Å². The largest absolute Gasteiger partial charge is 0.381 e. The fraction of sp³-hybridized carbons (Fsp3) is 1.00. The molecule has 0 amide bonds. The predicted molar refractivity (Wildman–Crippen MR) is 82.6 cm³/mol. The highest BCUT2D eigenvalue weighted by Gasteiger charge is 2.15. The Morgan fingerprint density at radius 1 is 1.11 bits per heavy atom. The summed E-state index contributed by atoms with van der Waals surface area (Å²) in [6.07, 6.45) is 7.92. The van der Waals surface area contributed by atoms with Crippen molar-refractivity contribution in [2.75, 3.05) is 39.9 Å². The minimum atomic E-state index is 0.630. The summed E-state index contributed by atoms with van der Waals surface area (Å²) in [6, 6.07) is 0.630. The first kappa shape index (κ1) is 16.9. The number of ether oxygens (including phenoxy) is 1. The zero-order valence-electron chi connectivity index (χ0n) is 13.3. The fourth-order valence-electron chi connectivity index (χ4n) is 2.71. The van der Waals surface area contributed by atoms with Gasteiger partial charge in [-0.2, -0.15) is 0 Å². The number of nitrogens with zero attached hydrogens (tertiary/aromatic N) is 1. The number of unbranched alkanes of at least 4 members (excludes halogenated alkanes) is 3. The molecule has 1 aliphatic rings. The summed E-state index contributed by atoms with van der Waals surface area (Å²) in [5, 5.41) is 3.48. The molecule has 1 fully saturated rings. The van der Waals surface area contributed by atoms with Gasteiger partial charge in [-0.1, -0.05) is 26.7 Å². The van der Waals surface area contributed by atoms with Gasteiger partial charge in [-0.15, -0.1) is 0 Å². The minimum absolute atomic E-state index is 0.630. The van der Waals surface area contributed by atoms with Gasteiger partial charge in [0.25, 0.3) is 0 Å². The first-order valence-corrected chi connectivity index (χ1v) is 8.18. The zero-order valence-corrected chi connectivity index (χ0v) is 13.3. The van der Waals surface area contributed by atoms with Crippen molar-refractivity contribution >= 4 is 0 Å². The van der Waals surface area contributed by atoms with E-state index in [9.17, 15) is 0 Å². The maximum absolute atomic E-state index is 5.41. The van der Waals surface area contributed by atoms with Crippen molar-refractivity contribution < 1.29 is 4.74 Å². The monoisotopic (exact) mass is 270 g/mol. The molecular formula is C16H34N2O. The molecule has 0 aromatic carbocycles. The predicted octanol–water partition coefficient (Wildman–Crippen LogP) is 2.90. The van der Waals surface area contributed by atoms with Crippen LogP contribution in [0.3, 0.4) is 0 Å². The van der Waals surface area contributed by atoms with Crippen LogP contribution in [0.25, 0.3) is 0 Å². The van der Waals surface area contributed by atoms with Crippen molar-refractivity contribution in [1.29, 1.82) is 0 Å². The maximum Gasteiger partial charge on any atom is 0.0469 e. The van der Waals surface area contributed by atoms with Gasteiger partial charge >= 0.3 is 0 Å². The molecule has 3 heteroatoms. The highest BCUT2D eigenvalue weighted by Crippen LogP contribution is 2.15. The molecule has 114 valence electrons. The first-order valence-electron chi connectivity index (χ1n) is 8.18. The van der Waals surface area contributed by atoms with Gasteiger partial charge in [0.15, 0.2) is 0 Å². The van der Waals surface area contributed by atoms with Crippen molar-refractivity contribution in [2.24, 2.45) is 5.92 Å². The van der Waals surface area contributed by atoms with E-state index >= 15 is 0 Å². The molecule has 0 aromatic heterocycles. The van der Waals surface area contributed by atoms with Crippen LogP contribution in [0.2, 0.25) is 0 Å². The third kappa shape index (κ3) is 9.42. The molecule has 1 N–H and O–H groups in total. The van der Waals surface area contributed by atoms with Gasteiger partial charge in [0, 0.05) is 25.8 Å². The Hall–Kier alpha value is -0.120. The molecule has 0 bridgehead atoms. The number of rotatable bonds is 10. The second-order valence-corrected chi connectivity index (χ2v) is 6.34. The number of nitrogens with one attached hydrogen (secondary N) is 1. The molecule has 0 saturated carbocycles. The summed E-state index contributed by atoms with van der Waals surface area (Å²) in [5.41, 5.74) is 0. The molecule has 0 unspecified atom stereocenters. The molecule has 19 heavy (non-hydrogen) atoms. The third-order valence-corrected chi connectivity index (χ3v) is 3.93. The van der Waals surface area contributed by atoms with Gasteiger partial charge in [-0.05, 0) is 51.7 Å². The summed E-state index contributed by atoms with van der Waals surface area (Å²) >= 11 is 0. The second-order valence-electron chi connectivity index (χ2n) is 6.34. The van der Waals surface area contributed by atoms with E-state index in [1.54, 1.807) is 0 Å². The van der Waals surface area contributed by atoms with E-state index in [2.05, 4.69) is 31.1 Å². The van der Waals surface area contributed by atoms with Crippen LogP contribution in [-0.4, -0.2) is 50.8 Å². The zero-order chi connectivity index (χ0) is 13.9. The lowest BCUT2D eigenvalue weighted by atomic mass is 10.00. The lowest BCUT2D eigenvalue weighted by Gasteiger charge is -2.27. The Balaban J connectivity index is 1.88. The van der Waals surface area contributed by atoms with Gasteiger partial charge in [0.2, 0.25) is 0 Å². The van der Waals surface area contributed by atoms with Crippen molar-refractivity contribution in [3.63, 3.8) is 0 Å². The van der Waals surface area contributed by atoms with Gasteiger partial charge in [0.1, 0.15) is 0 Å². The third-order valence-electron chi connectivity index (χ3n) is 3.93. The van der Waals surface area contributed by atoms with Crippen LogP contribution < -0.4 is 5.32 Å². The van der Waals surface area contributed by atoms with E-state index in [1.165, 1.54) is 58.2 Å². The molecule has 1 saturated heterocycles. The standard InChI is InChI=1S/C16H34N2O/c1-15(2)17-10-6-4-5-7-11-18(3)14-16-8-12-19-13-9-16/h15-17H,4-14H2,1-3H3. The number of hydrogen-bond donors (Lipinski definition) is 1. The highest BCUT2D eigenvalue weighted by molar-refractivity contribution is 4.67. The van der Waals surface area contributed by atoms with Crippen molar-refractivity contribution in [1.82, 2.24) is 10.2 Å². The summed E-state index contributed by atoms with van der Waals surface area (Å²) in [6.45, 7) is 10.1. The van der Waals surface area contributed by atoms with Crippen molar-refractivity contribution in [3.05, 3.63) is 0 Å². The van der Waals surface area contributed by atoms with Crippen LogP contribution in [0, 0.1) is 5.92 Å². The van der Waals surface area contributed by atoms with Crippen LogP contribution in [0.1, 0.15) is 52.4 Å². The van der Waals surface area contributed by atoms with E-state index in [-0.39, 0.29) is 0 Å². The minimum Gasteiger partial charge on any atom is -0.381 e. The highest BCUT2D eigenvalue weighted by atomic mass is 16.5. The Kier molecular flexibility index (Phi) is 9.48.